The number of halogens is 1. The van der Waals surface area contributed by atoms with Crippen LogP contribution in [0.15, 0.2) is 84.6 Å². The van der Waals surface area contributed by atoms with E-state index in [2.05, 4.69) is 0 Å². The standard InChI is InChI=1S/C29H27BFN3O3/c1-20-10-16-24(17-11-20)33-26(22-12-14-23(31)15-13-22)25(18-21-8-6-5-7-9-21)34(27(33)30-36-19-32)28(35)37-29(2,3)4/h5-18,26H,1-4H3/b25-18-. The summed E-state index contributed by atoms with van der Waals surface area (Å²) in [6.07, 6.45) is 2.91. The topological polar surface area (TPSA) is 65.8 Å². The molecule has 6 nitrogen and oxygen atoms in total. The molecule has 0 spiro atoms. The molecule has 37 heavy (non-hydrogen) atoms. The van der Waals surface area contributed by atoms with Crippen molar-refractivity contribution in [3.8, 4) is 6.26 Å². The third kappa shape index (κ3) is 5.89. The minimum atomic E-state index is -0.779. The Balaban J connectivity index is 2.01. The van der Waals surface area contributed by atoms with Crippen molar-refractivity contribution in [1.29, 1.82) is 5.26 Å². The van der Waals surface area contributed by atoms with Crippen LogP contribution in [0.25, 0.3) is 6.08 Å². The van der Waals surface area contributed by atoms with Crippen molar-refractivity contribution in [3.05, 3.63) is 107 Å². The Labute approximate surface area is 217 Å². The van der Waals surface area contributed by atoms with Crippen molar-refractivity contribution in [2.45, 2.75) is 39.3 Å². The van der Waals surface area contributed by atoms with Gasteiger partial charge in [0, 0.05) is 0 Å². The van der Waals surface area contributed by atoms with Gasteiger partial charge in [0.25, 0.3) is 0 Å². The van der Waals surface area contributed by atoms with E-state index < -0.39 is 17.7 Å². The Hall–Kier alpha value is -4.38. The Kier molecular flexibility index (Phi) is 7.44. The Morgan fingerprint density at radius 1 is 1.03 bits per heavy atom. The molecule has 3 aromatic carbocycles. The normalized spacial score (nSPS) is 17.5. The van der Waals surface area contributed by atoms with E-state index in [1.807, 2.05) is 72.5 Å². The first-order valence-electron chi connectivity index (χ1n) is 11.8. The molecule has 1 amide bonds. The first-order chi connectivity index (χ1) is 17.7. The molecule has 0 radical (unpaired) electrons. The van der Waals surface area contributed by atoms with Crippen LogP contribution in [-0.4, -0.2) is 29.4 Å². The van der Waals surface area contributed by atoms with Crippen molar-refractivity contribution in [2.75, 3.05) is 4.90 Å². The molecule has 1 unspecified atom stereocenters. The maximum atomic E-state index is 13.9. The van der Waals surface area contributed by atoms with Crippen LogP contribution in [0.1, 0.15) is 43.5 Å². The number of nitrogens with zero attached hydrogens (tertiary/aromatic N) is 3. The third-order valence-electron chi connectivity index (χ3n) is 5.68. The predicted molar refractivity (Wildman–Crippen MR) is 143 cm³/mol. The minimum absolute atomic E-state index is 0.288. The van der Waals surface area contributed by atoms with E-state index in [0.29, 0.717) is 5.70 Å². The number of carbonyl (C=O) groups excluding carboxylic acids is 1. The summed E-state index contributed by atoms with van der Waals surface area (Å²) in [6.45, 7) is 7.33. The fourth-order valence-corrected chi connectivity index (χ4v) is 4.14. The number of benzene rings is 3. The summed E-state index contributed by atoms with van der Waals surface area (Å²) in [6, 6.07) is 22.9. The molecule has 0 bridgehead atoms. The number of amides is 1. The molecule has 1 fully saturated rings. The van der Waals surface area contributed by atoms with Gasteiger partial charge < -0.3 is 0 Å². The first kappa shape index (κ1) is 25.7. The summed E-state index contributed by atoms with van der Waals surface area (Å²) < 4.78 is 24.8. The van der Waals surface area contributed by atoms with Gasteiger partial charge in [-0.2, -0.15) is 0 Å². The quantitative estimate of drug-likeness (QED) is 0.320. The monoisotopic (exact) mass is 495 g/mol. The van der Waals surface area contributed by atoms with E-state index in [-0.39, 0.29) is 11.5 Å². The molecule has 1 aliphatic heterocycles. The SMILES string of the molecule is Cc1ccc(N2C(=BOC#N)N(C(=O)OC(C)(C)C)/C(=C\c3ccccc3)C2c2ccc(F)cc2)cc1. The zero-order valence-electron chi connectivity index (χ0n) is 21.2. The van der Waals surface area contributed by atoms with Gasteiger partial charge in [-0.1, -0.05) is 0 Å². The van der Waals surface area contributed by atoms with Crippen molar-refractivity contribution in [3.63, 3.8) is 0 Å². The van der Waals surface area contributed by atoms with E-state index in [9.17, 15) is 14.4 Å². The maximum absolute atomic E-state index is 13.9. The average molecular weight is 495 g/mol. The molecule has 8 heteroatoms. The molecule has 4 rings (SSSR count). The molecule has 1 atom stereocenters. The van der Waals surface area contributed by atoms with E-state index >= 15 is 0 Å². The zero-order chi connectivity index (χ0) is 26.6. The zero-order valence-corrected chi connectivity index (χ0v) is 21.2. The summed E-state index contributed by atoms with van der Waals surface area (Å²) in [5, 5.41) is 9.22. The number of ether oxygens (including phenoxy) is 1. The molecule has 0 aromatic heterocycles. The van der Waals surface area contributed by atoms with Crippen LogP contribution in [0, 0.1) is 24.3 Å². The number of hydrogen-bond acceptors (Lipinski definition) is 5. The van der Waals surface area contributed by atoms with Gasteiger partial charge in [0.2, 0.25) is 0 Å². The van der Waals surface area contributed by atoms with Crippen LogP contribution >= 0.6 is 0 Å². The summed E-state index contributed by atoms with van der Waals surface area (Å²) in [5.41, 5.74) is 3.46. The fourth-order valence-electron chi connectivity index (χ4n) is 4.14. The van der Waals surface area contributed by atoms with E-state index in [1.165, 1.54) is 24.2 Å². The predicted octanol–water partition coefficient (Wildman–Crippen LogP) is 6.18. The summed E-state index contributed by atoms with van der Waals surface area (Å²) in [4.78, 5) is 17.0. The number of rotatable bonds is 4. The molecule has 0 saturated carbocycles. The third-order valence-corrected chi connectivity index (χ3v) is 5.68. The number of nitriles is 1. The van der Waals surface area contributed by atoms with Crippen LogP contribution in [0.2, 0.25) is 0 Å². The number of carbonyl (C=O) groups is 1. The molecule has 1 heterocycles. The van der Waals surface area contributed by atoms with Crippen molar-refractivity contribution < 1.29 is 18.6 Å². The molecular formula is C29H27BFN3O3. The van der Waals surface area contributed by atoms with Crippen LogP contribution in [-0.2, 0) is 9.39 Å². The van der Waals surface area contributed by atoms with Gasteiger partial charge in [0.1, 0.15) is 0 Å². The van der Waals surface area contributed by atoms with Gasteiger partial charge in [-0.25, -0.2) is 0 Å². The van der Waals surface area contributed by atoms with Crippen LogP contribution < -0.4 is 4.90 Å². The van der Waals surface area contributed by atoms with Crippen LogP contribution in [0.3, 0.4) is 0 Å². The Bertz CT molecular complexity index is 1360. The molecule has 186 valence electrons. The van der Waals surface area contributed by atoms with Crippen molar-refractivity contribution in [2.24, 2.45) is 0 Å². The van der Waals surface area contributed by atoms with E-state index in [4.69, 9.17) is 9.39 Å². The fraction of sp³-hybridized carbons (Fsp3) is 0.207. The van der Waals surface area contributed by atoms with Crippen LogP contribution in [0.4, 0.5) is 14.9 Å². The van der Waals surface area contributed by atoms with Crippen LogP contribution in [0.5, 0.6) is 0 Å². The van der Waals surface area contributed by atoms with E-state index in [1.54, 1.807) is 39.2 Å². The molecule has 1 saturated heterocycles. The molecule has 0 aliphatic carbocycles. The summed E-state index contributed by atoms with van der Waals surface area (Å²) in [7, 11) is 1.23. The van der Waals surface area contributed by atoms with Gasteiger partial charge in [0.05, 0.1) is 0 Å². The first-order valence-corrected chi connectivity index (χ1v) is 11.8. The second kappa shape index (κ2) is 10.7. The molecule has 1 aliphatic rings. The summed E-state index contributed by atoms with van der Waals surface area (Å²) in [5.74, 6) is -0.371. The second-order valence-corrected chi connectivity index (χ2v) is 9.64. The van der Waals surface area contributed by atoms with Crippen molar-refractivity contribution in [1.82, 2.24) is 4.90 Å². The van der Waals surface area contributed by atoms with Gasteiger partial charge in [-0.3, -0.25) is 0 Å². The number of anilines is 1. The Morgan fingerprint density at radius 2 is 1.68 bits per heavy atom. The number of aryl methyl sites for hydroxylation is 1. The molecular weight excluding hydrogens is 468 g/mol. The van der Waals surface area contributed by atoms with Gasteiger partial charge in [0.15, 0.2) is 0 Å². The van der Waals surface area contributed by atoms with Gasteiger partial charge in [-0.15, -0.1) is 0 Å². The average Bonchev–Trinajstić information content (AvgIpc) is 3.17. The molecule has 0 N–H and O–H groups in total. The van der Waals surface area contributed by atoms with Crippen molar-refractivity contribution >= 4 is 30.7 Å². The second-order valence-electron chi connectivity index (χ2n) is 9.64. The van der Waals surface area contributed by atoms with E-state index in [0.717, 1.165) is 22.4 Å². The Morgan fingerprint density at radius 3 is 2.27 bits per heavy atom. The molecule has 3 aromatic rings. The van der Waals surface area contributed by atoms with Gasteiger partial charge in [-0.05, 0) is 0 Å². The number of hydrogen-bond donors (Lipinski definition) is 0. The summed E-state index contributed by atoms with van der Waals surface area (Å²) >= 11 is 0. The van der Waals surface area contributed by atoms with Gasteiger partial charge >= 0.3 is 217 Å².